The standard InChI is InChI=1S/C13H9F2N3O2S/c1-6-10-11(20-17-6)12(19)16-13(21)18(10)5-7-2-3-8(14)9(15)4-7/h2-4H,5H2,1H3,(H,16,19,21). The maximum absolute atomic E-state index is 13.3. The zero-order chi connectivity index (χ0) is 15.1. The predicted molar refractivity (Wildman–Crippen MR) is 73.7 cm³/mol. The van der Waals surface area contributed by atoms with Gasteiger partial charge in [-0.25, -0.2) is 8.78 Å². The number of rotatable bonds is 2. The molecule has 0 atom stereocenters. The summed E-state index contributed by atoms with van der Waals surface area (Å²) in [5.74, 6) is -1.86. The molecule has 3 rings (SSSR count). The minimum atomic E-state index is -0.943. The predicted octanol–water partition coefficient (Wildman–Crippen LogP) is 2.68. The molecule has 2 aromatic heterocycles. The number of hydrogen-bond acceptors (Lipinski definition) is 4. The van der Waals surface area contributed by atoms with Crippen LogP contribution in [0.2, 0.25) is 0 Å². The molecular formula is C13H9F2N3O2S. The Morgan fingerprint density at radius 1 is 1.38 bits per heavy atom. The highest BCUT2D eigenvalue weighted by molar-refractivity contribution is 7.71. The molecule has 0 aliphatic rings. The van der Waals surface area contributed by atoms with E-state index in [1.807, 2.05) is 0 Å². The first kappa shape index (κ1) is 13.6. The summed E-state index contributed by atoms with van der Waals surface area (Å²) in [6.45, 7) is 1.83. The molecule has 3 aromatic rings. The second-order valence-electron chi connectivity index (χ2n) is 4.54. The van der Waals surface area contributed by atoms with Gasteiger partial charge in [-0.3, -0.25) is 9.78 Å². The van der Waals surface area contributed by atoms with Crippen LogP contribution in [0.15, 0.2) is 27.5 Å². The Bertz CT molecular complexity index is 958. The van der Waals surface area contributed by atoms with Gasteiger partial charge in [-0.2, -0.15) is 0 Å². The average Bonchev–Trinajstić information content (AvgIpc) is 2.81. The summed E-state index contributed by atoms with van der Waals surface area (Å²) in [7, 11) is 0. The highest BCUT2D eigenvalue weighted by Crippen LogP contribution is 2.17. The molecule has 1 N–H and O–H groups in total. The van der Waals surface area contributed by atoms with E-state index in [4.69, 9.17) is 16.7 Å². The van der Waals surface area contributed by atoms with Gasteiger partial charge >= 0.3 is 0 Å². The fraction of sp³-hybridized carbons (Fsp3) is 0.154. The lowest BCUT2D eigenvalue weighted by Crippen LogP contribution is -2.14. The SMILES string of the molecule is Cc1noc2c(=O)[nH]c(=S)n(Cc3ccc(F)c(F)c3)c12. The van der Waals surface area contributed by atoms with Crippen molar-refractivity contribution in [3.05, 3.63) is 56.2 Å². The number of benzene rings is 1. The largest absolute Gasteiger partial charge is 0.348 e. The normalized spacial score (nSPS) is 11.2. The van der Waals surface area contributed by atoms with Crippen LogP contribution in [0.1, 0.15) is 11.3 Å². The molecule has 0 radical (unpaired) electrons. The molecule has 0 unspecified atom stereocenters. The highest BCUT2D eigenvalue weighted by Gasteiger charge is 2.14. The summed E-state index contributed by atoms with van der Waals surface area (Å²) in [5.41, 5.74) is 0.998. The Labute approximate surface area is 121 Å². The first-order chi connectivity index (χ1) is 9.97. The third kappa shape index (κ3) is 2.27. The van der Waals surface area contributed by atoms with E-state index in [1.165, 1.54) is 6.07 Å². The van der Waals surface area contributed by atoms with Gasteiger partial charge in [0.2, 0.25) is 5.58 Å². The number of nitrogens with one attached hydrogen (secondary N) is 1. The molecule has 8 heteroatoms. The molecule has 0 fully saturated rings. The third-order valence-corrected chi connectivity index (χ3v) is 3.42. The van der Waals surface area contributed by atoms with Crippen molar-refractivity contribution in [1.29, 1.82) is 0 Å². The fourth-order valence-corrected chi connectivity index (χ4v) is 2.37. The molecule has 0 saturated heterocycles. The summed E-state index contributed by atoms with van der Waals surface area (Å²) in [6, 6.07) is 3.56. The van der Waals surface area contributed by atoms with Gasteiger partial charge in [0, 0.05) is 0 Å². The molecule has 21 heavy (non-hydrogen) atoms. The number of H-pyrrole nitrogens is 1. The molecule has 0 spiro atoms. The van der Waals surface area contributed by atoms with Gasteiger partial charge in [0.25, 0.3) is 5.56 Å². The Hall–Kier alpha value is -2.35. The van der Waals surface area contributed by atoms with Crippen molar-refractivity contribution in [2.75, 3.05) is 0 Å². The summed E-state index contributed by atoms with van der Waals surface area (Å²) in [6.07, 6.45) is 0. The Balaban J connectivity index is 2.20. The Morgan fingerprint density at radius 3 is 2.86 bits per heavy atom. The zero-order valence-electron chi connectivity index (χ0n) is 10.8. The summed E-state index contributed by atoms with van der Waals surface area (Å²) in [4.78, 5) is 14.2. The van der Waals surface area contributed by atoms with E-state index >= 15 is 0 Å². The van der Waals surface area contributed by atoms with E-state index in [0.29, 0.717) is 16.8 Å². The first-order valence-corrected chi connectivity index (χ1v) is 6.41. The Morgan fingerprint density at radius 2 is 2.14 bits per heavy atom. The number of aryl methyl sites for hydroxylation is 1. The lowest BCUT2D eigenvalue weighted by atomic mass is 10.2. The third-order valence-electron chi connectivity index (χ3n) is 3.10. The number of hydrogen-bond donors (Lipinski definition) is 1. The van der Waals surface area contributed by atoms with Gasteiger partial charge in [-0.15, -0.1) is 0 Å². The van der Waals surface area contributed by atoms with E-state index in [0.717, 1.165) is 12.1 Å². The zero-order valence-corrected chi connectivity index (χ0v) is 11.6. The minimum absolute atomic E-state index is 0.0451. The molecule has 0 amide bonds. The highest BCUT2D eigenvalue weighted by atomic mass is 32.1. The molecule has 0 aliphatic carbocycles. The molecule has 0 aliphatic heterocycles. The van der Waals surface area contributed by atoms with Crippen LogP contribution < -0.4 is 5.56 Å². The average molecular weight is 309 g/mol. The Kier molecular flexibility index (Phi) is 3.17. The number of fused-ring (bicyclic) bond motifs is 1. The van der Waals surface area contributed by atoms with Crippen LogP contribution in [0.4, 0.5) is 8.78 Å². The topological polar surface area (TPSA) is 63.8 Å². The summed E-state index contributed by atoms with van der Waals surface area (Å²) >= 11 is 5.12. The molecular weight excluding hydrogens is 300 g/mol. The van der Waals surface area contributed by atoms with Crippen molar-refractivity contribution in [3.63, 3.8) is 0 Å². The van der Waals surface area contributed by atoms with Gasteiger partial charge < -0.3 is 9.09 Å². The monoisotopic (exact) mass is 309 g/mol. The van der Waals surface area contributed by atoms with Crippen molar-refractivity contribution in [2.45, 2.75) is 13.5 Å². The van der Waals surface area contributed by atoms with Crippen LogP contribution in [0.5, 0.6) is 0 Å². The van der Waals surface area contributed by atoms with Gasteiger partial charge in [0.15, 0.2) is 16.4 Å². The molecule has 108 valence electrons. The summed E-state index contributed by atoms with van der Waals surface area (Å²) < 4.78 is 32.9. The number of halogens is 2. The van der Waals surface area contributed by atoms with Crippen molar-refractivity contribution in [2.24, 2.45) is 0 Å². The van der Waals surface area contributed by atoms with Gasteiger partial charge in [-0.05, 0) is 36.8 Å². The summed E-state index contributed by atoms with van der Waals surface area (Å²) in [5, 5.41) is 3.74. The van der Waals surface area contributed by atoms with Gasteiger partial charge in [-0.1, -0.05) is 11.2 Å². The van der Waals surface area contributed by atoms with E-state index in [1.54, 1.807) is 11.5 Å². The van der Waals surface area contributed by atoms with Crippen LogP contribution in [0.25, 0.3) is 11.1 Å². The van der Waals surface area contributed by atoms with E-state index < -0.39 is 17.2 Å². The van der Waals surface area contributed by atoms with E-state index in [9.17, 15) is 13.6 Å². The molecule has 5 nitrogen and oxygen atoms in total. The first-order valence-electron chi connectivity index (χ1n) is 6.00. The van der Waals surface area contributed by atoms with Crippen molar-refractivity contribution in [3.8, 4) is 0 Å². The van der Waals surface area contributed by atoms with Gasteiger partial charge in [0.1, 0.15) is 11.2 Å². The van der Waals surface area contributed by atoms with Gasteiger partial charge in [0.05, 0.1) is 6.54 Å². The molecule has 1 aromatic carbocycles. The maximum Gasteiger partial charge on any atom is 0.298 e. The lowest BCUT2D eigenvalue weighted by Gasteiger charge is -2.08. The lowest BCUT2D eigenvalue weighted by molar-refractivity contribution is 0.447. The second-order valence-corrected chi connectivity index (χ2v) is 4.93. The van der Waals surface area contributed by atoms with Crippen molar-refractivity contribution in [1.82, 2.24) is 14.7 Å². The van der Waals surface area contributed by atoms with Crippen LogP contribution in [-0.4, -0.2) is 14.7 Å². The molecule has 2 heterocycles. The number of nitrogens with zero attached hydrogens (tertiary/aromatic N) is 2. The van der Waals surface area contributed by atoms with E-state index in [-0.39, 0.29) is 16.9 Å². The number of aromatic nitrogens is 3. The smallest absolute Gasteiger partial charge is 0.298 e. The molecule has 0 bridgehead atoms. The minimum Gasteiger partial charge on any atom is -0.348 e. The number of aromatic amines is 1. The second kappa shape index (κ2) is 4.88. The molecule has 0 saturated carbocycles. The fourth-order valence-electron chi connectivity index (χ4n) is 2.13. The van der Waals surface area contributed by atoms with Crippen LogP contribution in [-0.2, 0) is 6.54 Å². The van der Waals surface area contributed by atoms with Crippen molar-refractivity contribution >= 4 is 23.3 Å². The van der Waals surface area contributed by atoms with Crippen LogP contribution in [0, 0.1) is 23.3 Å². The van der Waals surface area contributed by atoms with E-state index in [2.05, 4.69) is 10.1 Å². The van der Waals surface area contributed by atoms with Crippen LogP contribution >= 0.6 is 12.2 Å². The van der Waals surface area contributed by atoms with Crippen LogP contribution in [0.3, 0.4) is 0 Å². The quantitative estimate of drug-likeness (QED) is 0.739. The maximum atomic E-state index is 13.3. The van der Waals surface area contributed by atoms with Crippen molar-refractivity contribution < 1.29 is 13.3 Å².